The lowest BCUT2D eigenvalue weighted by molar-refractivity contribution is -0.146. The van der Waals surface area contributed by atoms with Gasteiger partial charge in [0.05, 0.1) is 17.3 Å². The average molecular weight is 390 g/mol. The van der Waals surface area contributed by atoms with Gasteiger partial charge in [-0.05, 0) is 78.5 Å². The van der Waals surface area contributed by atoms with Gasteiger partial charge in [0.15, 0.2) is 0 Å². The van der Waals surface area contributed by atoms with Gasteiger partial charge >= 0.3 is 12.1 Å². The maximum Gasteiger partial charge on any atom is 0.412 e. The molecule has 0 saturated heterocycles. The monoisotopic (exact) mass is 390 g/mol. The van der Waals surface area contributed by atoms with E-state index in [0.717, 1.165) is 55.3 Å². The Kier molecular flexibility index (Phi) is 5.22. The zero-order valence-electron chi connectivity index (χ0n) is 16.0. The van der Waals surface area contributed by atoms with Crippen LogP contribution in [-0.2, 0) is 41.6 Å². The van der Waals surface area contributed by atoms with Gasteiger partial charge in [0.25, 0.3) is 0 Å². The molecule has 2 N–H and O–H groups in total. The molecule has 0 spiro atoms. The fourth-order valence-electron chi connectivity index (χ4n) is 4.39. The summed E-state index contributed by atoms with van der Waals surface area (Å²) in [6, 6.07) is 10.9. The number of aryl methyl sites for hydroxylation is 2. The first-order valence-electron chi connectivity index (χ1n) is 9.91. The number of hydrogen-bond acceptors (Lipinski definition) is 4. The number of fused-ring (bicyclic) bond motifs is 2. The van der Waals surface area contributed by atoms with Crippen molar-refractivity contribution in [3.63, 3.8) is 0 Å². The first kappa shape index (κ1) is 19.0. The van der Waals surface area contributed by atoms with Gasteiger partial charge in [0, 0.05) is 6.42 Å². The van der Waals surface area contributed by atoms with Crippen molar-refractivity contribution in [3.05, 3.63) is 63.7 Å². The van der Waals surface area contributed by atoms with Crippen molar-refractivity contribution in [2.45, 2.75) is 51.0 Å². The number of anilines is 1. The Morgan fingerprint density at radius 3 is 2.41 bits per heavy atom. The van der Waals surface area contributed by atoms with Gasteiger partial charge in [-0.1, -0.05) is 18.2 Å². The topological polar surface area (TPSA) is 99.4 Å². The van der Waals surface area contributed by atoms with Crippen molar-refractivity contribution in [3.8, 4) is 6.07 Å². The predicted octanol–water partition coefficient (Wildman–Crippen LogP) is 3.78. The SMILES string of the molecule is N#Cc1cccc(C[C@@H](OC(=O)Nc2c3c(cc4c2CCC4)CCC3)C(=O)O)c1. The summed E-state index contributed by atoms with van der Waals surface area (Å²) in [5.41, 5.74) is 6.78. The number of ether oxygens (including phenoxy) is 1. The van der Waals surface area contributed by atoms with Crippen molar-refractivity contribution in [1.29, 1.82) is 5.26 Å². The van der Waals surface area contributed by atoms with Crippen LogP contribution in [0.15, 0.2) is 30.3 Å². The van der Waals surface area contributed by atoms with Gasteiger partial charge in [-0.2, -0.15) is 5.26 Å². The van der Waals surface area contributed by atoms with Crippen LogP contribution in [0.1, 0.15) is 46.2 Å². The van der Waals surface area contributed by atoms with E-state index in [-0.39, 0.29) is 6.42 Å². The van der Waals surface area contributed by atoms with E-state index in [0.29, 0.717) is 11.1 Å². The fourth-order valence-corrected chi connectivity index (χ4v) is 4.39. The van der Waals surface area contributed by atoms with E-state index in [1.54, 1.807) is 24.3 Å². The highest BCUT2D eigenvalue weighted by Crippen LogP contribution is 2.38. The molecule has 6 nitrogen and oxygen atoms in total. The maximum atomic E-state index is 12.6. The van der Waals surface area contributed by atoms with E-state index in [9.17, 15) is 14.7 Å². The van der Waals surface area contributed by atoms with E-state index < -0.39 is 18.2 Å². The molecule has 2 aromatic rings. The summed E-state index contributed by atoms with van der Waals surface area (Å²) in [6.45, 7) is 0. The normalized spacial score (nSPS) is 15.1. The number of carbonyl (C=O) groups is 2. The minimum atomic E-state index is -1.33. The molecule has 2 aliphatic carbocycles. The van der Waals surface area contributed by atoms with E-state index in [4.69, 9.17) is 10.00 Å². The van der Waals surface area contributed by atoms with Gasteiger partial charge in [-0.3, -0.25) is 5.32 Å². The molecular weight excluding hydrogens is 368 g/mol. The van der Waals surface area contributed by atoms with Crippen molar-refractivity contribution in [2.75, 3.05) is 5.32 Å². The van der Waals surface area contributed by atoms with Gasteiger partial charge in [0.1, 0.15) is 0 Å². The summed E-state index contributed by atoms with van der Waals surface area (Å²) in [5.74, 6) is -1.22. The predicted molar refractivity (Wildman–Crippen MR) is 107 cm³/mol. The first-order valence-corrected chi connectivity index (χ1v) is 9.91. The Balaban J connectivity index is 1.51. The number of benzene rings is 2. The number of carboxylic acids is 1. The number of carboxylic acid groups (broad SMARTS) is 1. The summed E-state index contributed by atoms with van der Waals surface area (Å²) in [7, 11) is 0. The number of nitrogens with one attached hydrogen (secondary N) is 1. The van der Waals surface area contributed by atoms with Gasteiger partial charge < -0.3 is 9.84 Å². The highest BCUT2D eigenvalue weighted by atomic mass is 16.6. The van der Waals surface area contributed by atoms with E-state index in [1.165, 1.54) is 11.1 Å². The van der Waals surface area contributed by atoms with Crippen molar-refractivity contribution in [2.24, 2.45) is 0 Å². The van der Waals surface area contributed by atoms with Crippen molar-refractivity contribution >= 4 is 17.7 Å². The first-order chi connectivity index (χ1) is 14.0. The van der Waals surface area contributed by atoms with E-state index in [2.05, 4.69) is 11.4 Å². The fraction of sp³-hybridized carbons (Fsp3) is 0.348. The molecule has 6 heteroatoms. The largest absolute Gasteiger partial charge is 0.478 e. The van der Waals surface area contributed by atoms with Crippen LogP contribution >= 0.6 is 0 Å². The van der Waals surface area contributed by atoms with Gasteiger partial charge in [0.2, 0.25) is 6.10 Å². The van der Waals surface area contributed by atoms with E-state index >= 15 is 0 Å². The van der Waals surface area contributed by atoms with Gasteiger partial charge in [-0.15, -0.1) is 0 Å². The molecule has 2 aliphatic rings. The summed E-state index contributed by atoms with van der Waals surface area (Å²) in [5, 5.41) is 21.4. The minimum Gasteiger partial charge on any atom is -0.478 e. The molecule has 0 unspecified atom stereocenters. The number of aliphatic carboxylic acids is 1. The molecule has 0 heterocycles. The molecule has 148 valence electrons. The third-order valence-electron chi connectivity index (χ3n) is 5.70. The van der Waals surface area contributed by atoms with Crippen LogP contribution in [0.4, 0.5) is 10.5 Å². The highest BCUT2D eigenvalue weighted by Gasteiger charge is 2.27. The summed E-state index contributed by atoms with van der Waals surface area (Å²) < 4.78 is 5.28. The second-order valence-corrected chi connectivity index (χ2v) is 7.61. The van der Waals surface area contributed by atoms with Crippen LogP contribution in [0.5, 0.6) is 0 Å². The Labute approximate surface area is 169 Å². The lowest BCUT2D eigenvalue weighted by Gasteiger charge is -2.18. The standard InChI is InChI=1S/C23H22N2O4/c24-13-15-5-1-4-14(10-15)11-20(22(26)27)29-23(28)25-21-18-8-2-6-16(18)12-17-7-3-9-19(17)21/h1,4-5,10,12,20H,2-3,6-9,11H2,(H,25,28)(H,26,27)/t20-/m1/s1. The molecule has 29 heavy (non-hydrogen) atoms. The molecule has 2 aromatic carbocycles. The van der Waals surface area contributed by atoms with Crippen LogP contribution in [-0.4, -0.2) is 23.3 Å². The number of carbonyl (C=O) groups excluding carboxylic acids is 1. The van der Waals surface area contributed by atoms with Crippen LogP contribution in [0.25, 0.3) is 0 Å². The second-order valence-electron chi connectivity index (χ2n) is 7.61. The quantitative estimate of drug-likeness (QED) is 0.809. The minimum absolute atomic E-state index is 0.00325. The summed E-state index contributed by atoms with van der Waals surface area (Å²) in [4.78, 5) is 24.2. The number of hydrogen-bond donors (Lipinski definition) is 2. The van der Waals surface area contributed by atoms with E-state index in [1.807, 2.05) is 6.07 Å². The number of rotatable bonds is 5. The highest BCUT2D eigenvalue weighted by molar-refractivity contribution is 5.90. The molecule has 0 bridgehead atoms. The van der Waals surface area contributed by atoms with Crippen molar-refractivity contribution < 1.29 is 19.4 Å². The zero-order valence-corrected chi connectivity index (χ0v) is 16.0. The van der Waals surface area contributed by atoms with Gasteiger partial charge in [-0.25, -0.2) is 9.59 Å². The zero-order chi connectivity index (χ0) is 20.4. The molecule has 0 fully saturated rings. The smallest absolute Gasteiger partial charge is 0.412 e. The number of nitrogens with zero attached hydrogens (tertiary/aromatic N) is 1. The molecule has 0 saturated carbocycles. The Morgan fingerprint density at radius 1 is 1.10 bits per heavy atom. The summed E-state index contributed by atoms with van der Waals surface area (Å²) >= 11 is 0. The van der Waals surface area contributed by atoms with Crippen molar-refractivity contribution in [1.82, 2.24) is 0 Å². The molecule has 1 atom stereocenters. The number of amides is 1. The third-order valence-corrected chi connectivity index (χ3v) is 5.70. The second kappa shape index (κ2) is 7.96. The number of nitriles is 1. The average Bonchev–Trinajstić information content (AvgIpc) is 3.36. The maximum absolute atomic E-state index is 12.6. The third kappa shape index (κ3) is 3.95. The molecule has 1 amide bonds. The molecule has 0 aromatic heterocycles. The Hall–Kier alpha value is -3.33. The lowest BCUT2D eigenvalue weighted by atomic mass is 9.99. The Bertz CT molecular complexity index is 990. The molecular formula is C23H22N2O4. The lowest BCUT2D eigenvalue weighted by Crippen LogP contribution is -2.31. The molecule has 0 radical (unpaired) electrons. The van der Waals surface area contributed by atoms with Crippen LogP contribution in [0, 0.1) is 11.3 Å². The molecule has 0 aliphatic heterocycles. The van der Waals surface area contributed by atoms with Crippen LogP contribution in [0.2, 0.25) is 0 Å². The van der Waals surface area contributed by atoms with Crippen LogP contribution < -0.4 is 5.32 Å². The van der Waals surface area contributed by atoms with Crippen LogP contribution in [0.3, 0.4) is 0 Å². The summed E-state index contributed by atoms with van der Waals surface area (Å²) in [6.07, 6.45) is 3.92. The molecule has 4 rings (SSSR count). The Morgan fingerprint density at radius 2 is 1.79 bits per heavy atom.